The number of hydrogen-bond donors (Lipinski definition) is 1. The van der Waals surface area contributed by atoms with E-state index in [-0.39, 0.29) is 12.0 Å². The summed E-state index contributed by atoms with van der Waals surface area (Å²) in [6.45, 7) is 1.33. The van der Waals surface area contributed by atoms with E-state index in [1.54, 1.807) is 0 Å². The maximum Gasteiger partial charge on any atom is 0.0717 e. The number of benzene rings is 2. The van der Waals surface area contributed by atoms with Crippen molar-refractivity contribution in [2.24, 2.45) is 0 Å². The van der Waals surface area contributed by atoms with Crippen molar-refractivity contribution < 1.29 is 9.84 Å². The van der Waals surface area contributed by atoms with Gasteiger partial charge in [-0.3, -0.25) is 0 Å². The van der Waals surface area contributed by atoms with E-state index in [2.05, 4.69) is 36.4 Å². The second kappa shape index (κ2) is 6.42. The van der Waals surface area contributed by atoms with Gasteiger partial charge in [0.05, 0.1) is 19.8 Å². The number of ether oxygens (including phenoxy) is 1. The summed E-state index contributed by atoms with van der Waals surface area (Å²) >= 11 is 0. The van der Waals surface area contributed by atoms with Crippen LogP contribution in [0.15, 0.2) is 54.6 Å². The standard InChI is InChI=1S/C19H22O2/c20-14-19(15-21-13-16-7-2-1-3-8-16)12-6-10-17-9-4-5-11-18(17)19/h1-5,7-9,11,20H,6,10,12-15H2. The van der Waals surface area contributed by atoms with Gasteiger partial charge < -0.3 is 9.84 Å². The molecule has 1 N–H and O–H groups in total. The molecular weight excluding hydrogens is 260 g/mol. The molecular formula is C19H22O2. The summed E-state index contributed by atoms with van der Waals surface area (Å²) in [5.41, 5.74) is 3.58. The zero-order valence-corrected chi connectivity index (χ0v) is 12.3. The molecule has 0 fully saturated rings. The molecule has 3 rings (SSSR count). The van der Waals surface area contributed by atoms with Crippen molar-refractivity contribution in [3.8, 4) is 0 Å². The Labute approximate surface area is 126 Å². The summed E-state index contributed by atoms with van der Waals surface area (Å²) in [7, 11) is 0. The van der Waals surface area contributed by atoms with E-state index in [0.717, 1.165) is 19.3 Å². The van der Waals surface area contributed by atoms with E-state index < -0.39 is 0 Å². The molecule has 0 saturated carbocycles. The first-order valence-corrected chi connectivity index (χ1v) is 7.65. The second-order valence-electron chi connectivity index (χ2n) is 5.93. The van der Waals surface area contributed by atoms with Crippen molar-refractivity contribution >= 4 is 0 Å². The molecule has 1 unspecified atom stereocenters. The number of fused-ring (bicyclic) bond motifs is 1. The van der Waals surface area contributed by atoms with Crippen LogP contribution in [0.4, 0.5) is 0 Å². The molecule has 0 amide bonds. The van der Waals surface area contributed by atoms with Crippen LogP contribution in [0.2, 0.25) is 0 Å². The summed E-state index contributed by atoms with van der Waals surface area (Å²) in [5, 5.41) is 10.0. The van der Waals surface area contributed by atoms with Gasteiger partial charge in [0, 0.05) is 5.41 Å². The normalized spacial score (nSPS) is 21.0. The number of aryl methyl sites for hydroxylation is 1. The molecule has 0 radical (unpaired) electrons. The van der Waals surface area contributed by atoms with Crippen molar-refractivity contribution in [2.45, 2.75) is 31.3 Å². The monoisotopic (exact) mass is 282 g/mol. The topological polar surface area (TPSA) is 29.5 Å². The van der Waals surface area contributed by atoms with E-state index in [9.17, 15) is 5.11 Å². The first kappa shape index (κ1) is 14.3. The summed E-state index contributed by atoms with van der Waals surface area (Å²) in [6.07, 6.45) is 3.22. The predicted octanol–water partition coefficient (Wildman–Crippen LogP) is 3.47. The van der Waals surface area contributed by atoms with Crippen LogP contribution in [-0.4, -0.2) is 18.3 Å². The molecule has 1 aliphatic carbocycles. The van der Waals surface area contributed by atoms with E-state index in [4.69, 9.17) is 4.74 Å². The zero-order chi connectivity index (χ0) is 14.5. The van der Waals surface area contributed by atoms with E-state index in [1.165, 1.54) is 16.7 Å². The number of aliphatic hydroxyl groups is 1. The van der Waals surface area contributed by atoms with Crippen LogP contribution < -0.4 is 0 Å². The van der Waals surface area contributed by atoms with Crippen molar-refractivity contribution in [3.05, 3.63) is 71.3 Å². The summed E-state index contributed by atoms with van der Waals surface area (Å²) in [5.74, 6) is 0. The largest absolute Gasteiger partial charge is 0.395 e. The lowest BCUT2D eigenvalue weighted by atomic mass is 9.71. The van der Waals surface area contributed by atoms with Gasteiger partial charge in [0.15, 0.2) is 0 Å². The third-order valence-corrected chi connectivity index (χ3v) is 4.48. The van der Waals surface area contributed by atoms with Gasteiger partial charge in [-0.25, -0.2) is 0 Å². The van der Waals surface area contributed by atoms with Crippen molar-refractivity contribution in [1.82, 2.24) is 0 Å². The highest BCUT2D eigenvalue weighted by atomic mass is 16.5. The highest BCUT2D eigenvalue weighted by Crippen LogP contribution is 2.37. The molecule has 2 nitrogen and oxygen atoms in total. The Morgan fingerprint density at radius 1 is 1.00 bits per heavy atom. The Bertz CT molecular complexity index is 579. The first-order chi connectivity index (χ1) is 10.3. The number of hydrogen-bond acceptors (Lipinski definition) is 2. The molecule has 2 heteroatoms. The smallest absolute Gasteiger partial charge is 0.0717 e. The van der Waals surface area contributed by atoms with Gasteiger partial charge in [0.25, 0.3) is 0 Å². The van der Waals surface area contributed by atoms with Crippen LogP contribution in [-0.2, 0) is 23.2 Å². The molecule has 2 aromatic rings. The molecule has 0 aromatic heterocycles. The Morgan fingerprint density at radius 3 is 2.57 bits per heavy atom. The minimum absolute atomic E-state index is 0.152. The lowest BCUT2D eigenvalue weighted by molar-refractivity contribution is 0.0337. The molecule has 110 valence electrons. The van der Waals surface area contributed by atoms with Gasteiger partial charge in [-0.05, 0) is 36.0 Å². The summed E-state index contributed by atoms with van der Waals surface area (Å²) < 4.78 is 5.95. The van der Waals surface area contributed by atoms with E-state index in [1.807, 2.05) is 18.2 Å². The van der Waals surface area contributed by atoms with Crippen LogP contribution in [0.1, 0.15) is 29.5 Å². The van der Waals surface area contributed by atoms with Gasteiger partial charge in [-0.2, -0.15) is 0 Å². The Morgan fingerprint density at radius 2 is 1.76 bits per heavy atom. The molecule has 1 atom stereocenters. The van der Waals surface area contributed by atoms with E-state index in [0.29, 0.717) is 13.2 Å². The molecule has 0 aliphatic heterocycles. The minimum atomic E-state index is -0.233. The highest BCUT2D eigenvalue weighted by molar-refractivity contribution is 5.37. The Balaban J connectivity index is 1.73. The average Bonchev–Trinajstić information content (AvgIpc) is 2.56. The van der Waals surface area contributed by atoms with Gasteiger partial charge in [0.2, 0.25) is 0 Å². The van der Waals surface area contributed by atoms with Gasteiger partial charge >= 0.3 is 0 Å². The summed E-state index contributed by atoms with van der Waals surface area (Å²) in [4.78, 5) is 0. The van der Waals surface area contributed by atoms with Crippen molar-refractivity contribution in [1.29, 1.82) is 0 Å². The highest BCUT2D eigenvalue weighted by Gasteiger charge is 2.36. The summed E-state index contributed by atoms with van der Waals surface area (Å²) in [6, 6.07) is 18.7. The maximum absolute atomic E-state index is 10.0. The van der Waals surface area contributed by atoms with Gasteiger partial charge in [0.1, 0.15) is 0 Å². The van der Waals surface area contributed by atoms with Crippen LogP contribution in [0.25, 0.3) is 0 Å². The zero-order valence-electron chi connectivity index (χ0n) is 12.3. The van der Waals surface area contributed by atoms with E-state index >= 15 is 0 Å². The predicted molar refractivity (Wildman–Crippen MR) is 84.2 cm³/mol. The fourth-order valence-electron chi connectivity index (χ4n) is 3.31. The second-order valence-corrected chi connectivity index (χ2v) is 5.93. The van der Waals surface area contributed by atoms with Gasteiger partial charge in [-0.15, -0.1) is 0 Å². The molecule has 0 spiro atoms. The minimum Gasteiger partial charge on any atom is -0.395 e. The molecule has 1 aliphatic rings. The van der Waals surface area contributed by atoms with Crippen molar-refractivity contribution in [2.75, 3.05) is 13.2 Å². The molecule has 0 saturated heterocycles. The lowest BCUT2D eigenvalue weighted by Crippen LogP contribution is -2.39. The fraction of sp³-hybridized carbons (Fsp3) is 0.368. The first-order valence-electron chi connectivity index (χ1n) is 7.65. The third kappa shape index (κ3) is 3.02. The van der Waals surface area contributed by atoms with Crippen LogP contribution in [0.5, 0.6) is 0 Å². The Hall–Kier alpha value is -1.64. The molecule has 2 aromatic carbocycles. The molecule has 21 heavy (non-hydrogen) atoms. The lowest BCUT2D eigenvalue weighted by Gasteiger charge is -2.37. The van der Waals surface area contributed by atoms with Crippen LogP contribution in [0, 0.1) is 0 Å². The van der Waals surface area contributed by atoms with Crippen LogP contribution in [0.3, 0.4) is 0 Å². The maximum atomic E-state index is 10.0. The van der Waals surface area contributed by atoms with Gasteiger partial charge in [-0.1, -0.05) is 54.6 Å². The average molecular weight is 282 g/mol. The third-order valence-electron chi connectivity index (χ3n) is 4.48. The SMILES string of the molecule is OCC1(COCc2ccccc2)CCCc2ccccc21. The molecule has 0 heterocycles. The number of rotatable bonds is 5. The van der Waals surface area contributed by atoms with Crippen LogP contribution >= 0.6 is 0 Å². The fourth-order valence-corrected chi connectivity index (χ4v) is 3.31. The van der Waals surface area contributed by atoms with Crippen molar-refractivity contribution in [3.63, 3.8) is 0 Å². The number of aliphatic hydroxyl groups excluding tert-OH is 1. The Kier molecular flexibility index (Phi) is 4.37. The quantitative estimate of drug-likeness (QED) is 0.910. The molecule has 0 bridgehead atoms.